The van der Waals surface area contributed by atoms with Gasteiger partial charge in [-0.15, -0.1) is 11.3 Å². The standard InChI is InChI=1S/C51H32N2OS/c1-4-17-40-34(12-1)36-15-11-16-38(48(36)51(40)41-18-5-8-21-44(41)54-45-22-9-6-19-42(45)51)50-52-43-20-7-2-14-37(43)49(53-50)32-26-24-31(25-27-32)33-28-29-47-39(30-33)35-13-3-10-23-46(35)55-47/h1-30,49H,(H,52,53). The summed E-state index contributed by atoms with van der Waals surface area (Å²) in [7, 11) is 0. The van der Waals surface area contributed by atoms with Gasteiger partial charge < -0.3 is 10.1 Å². The van der Waals surface area contributed by atoms with Crippen LogP contribution in [0.2, 0.25) is 0 Å². The van der Waals surface area contributed by atoms with E-state index in [1.54, 1.807) is 0 Å². The topological polar surface area (TPSA) is 33.6 Å². The zero-order valence-electron chi connectivity index (χ0n) is 29.7. The Hall–Kier alpha value is -6.75. The van der Waals surface area contributed by atoms with Crippen LogP contribution in [-0.4, -0.2) is 5.84 Å². The van der Waals surface area contributed by atoms with E-state index in [0.717, 1.165) is 50.8 Å². The molecular weight excluding hydrogens is 689 g/mol. The van der Waals surface area contributed by atoms with Crippen LogP contribution in [0.4, 0.5) is 5.69 Å². The molecule has 0 fully saturated rings. The monoisotopic (exact) mass is 720 g/mol. The average molecular weight is 721 g/mol. The summed E-state index contributed by atoms with van der Waals surface area (Å²) in [6.45, 7) is 0. The van der Waals surface area contributed by atoms with Crippen molar-refractivity contribution in [1.82, 2.24) is 0 Å². The number of para-hydroxylation sites is 3. The van der Waals surface area contributed by atoms with Crippen molar-refractivity contribution in [1.29, 1.82) is 0 Å². The lowest BCUT2D eigenvalue weighted by molar-refractivity contribution is 0.436. The van der Waals surface area contributed by atoms with Crippen molar-refractivity contribution < 1.29 is 4.74 Å². The lowest BCUT2D eigenvalue weighted by Gasteiger charge is -2.40. The molecule has 2 aliphatic heterocycles. The lowest BCUT2D eigenvalue weighted by atomic mass is 9.65. The molecule has 3 nitrogen and oxygen atoms in total. The van der Waals surface area contributed by atoms with Gasteiger partial charge in [-0.2, -0.15) is 0 Å². The number of ether oxygens (including phenoxy) is 1. The molecule has 12 rings (SSSR count). The Kier molecular flexibility index (Phi) is 6.48. The molecule has 0 saturated carbocycles. The van der Waals surface area contributed by atoms with Gasteiger partial charge in [0.25, 0.3) is 0 Å². The number of thiophene rings is 1. The first-order valence-corrected chi connectivity index (χ1v) is 19.6. The Bertz CT molecular complexity index is 3020. The molecule has 1 spiro atoms. The summed E-state index contributed by atoms with van der Waals surface area (Å²) in [4.78, 5) is 5.64. The summed E-state index contributed by atoms with van der Waals surface area (Å²) in [5.41, 5.74) is 13.6. The van der Waals surface area contributed by atoms with E-state index in [-0.39, 0.29) is 6.04 Å². The highest BCUT2D eigenvalue weighted by molar-refractivity contribution is 7.25. The summed E-state index contributed by atoms with van der Waals surface area (Å²) in [5.74, 6) is 2.63. The van der Waals surface area contributed by atoms with Crippen LogP contribution in [0.25, 0.3) is 42.4 Å². The Morgan fingerprint density at radius 1 is 0.509 bits per heavy atom. The predicted octanol–water partition coefficient (Wildman–Crippen LogP) is 13.2. The van der Waals surface area contributed by atoms with Crippen LogP contribution in [0.15, 0.2) is 187 Å². The highest BCUT2D eigenvalue weighted by Crippen LogP contribution is 2.63. The number of nitrogens with one attached hydrogen (secondary N) is 1. The number of benzene rings is 8. The van der Waals surface area contributed by atoms with E-state index in [2.05, 4.69) is 187 Å². The van der Waals surface area contributed by atoms with Gasteiger partial charge in [-0.25, -0.2) is 0 Å². The molecule has 0 radical (unpaired) electrons. The third kappa shape index (κ3) is 4.34. The maximum Gasteiger partial charge on any atom is 0.134 e. The normalized spacial score (nSPS) is 15.6. The molecule has 1 unspecified atom stereocenters. The Morgan fingerprint density at radius 3 is 1.98 bits per heavy atom. The zero-order chi connectivity index (χ0) is 36.1. The zero-order valence-corrected chi connectivity index (χ0v) is 30.5. The fraction of sp³-hybridized carbons (Fsp3) is 0.0392. The summed E-state index contributed by atoms with van der Waals surface area (Å²) in [6, 6.07) is 65.7. The second-order valence-electron chi connectivity index (χ2n) is 14.6. The Balaban J connectivity index is 1.03. The van der Waals surface area contributed by atoms with Crippen molar-refractivity contribution in [3.8, 4) is 33.8 Å². The van der Waals surface area contributed by atoms with Crippen LogP contribution in [0.1, 0.15) is 45.0 Å². The quantitative estimate of drug-likeness (QED) is 0.197. The molecule has 9 aromatic rings. The molecule has 55 heavy (non-hydrogen) atoms. The van der Waals surface area contributed by atoms with E-state index in [1.807, 2.05) is 11.3 Å². The molecule has 0 bridgehead atoms. The second kappa shape index (κ2) is 11.6. The molecule has 3 aliphatic rings. The van der Waals surface area contributed by atoms with E-state index < -0.39 is 5.41 Å². The summed E-state index contributed by atoms with van der Waals surface area (Å²) < 4.78 is 9.28. The molecule has 3 heterocycles. The van der Waals surface area contributed by atoms with E-state index in [1.165, 1.54) is 53.6 Å². The van der Waals surface area contributed by atoms with Gasteiger partial charge >= 0.3 is 0 Å². The van der Waals surface area contributed by atoms with E-state index in [4.69, 9.17) is 9.73 Å². The molecule has 1 aromatic heterocycles. The van der Waals surface area contributed by atoms with Crippen molar-refractivity contribution in [2.75, 3.05) is 5.32 Å². The number of rotatable bonds is 3. The third-order valence-electron chi connectivity index (χ3n) is 11.8. The smallest absolute Gasteiger partial charge is 0.134 e. The van der Waals surface area contributed by atoms with Gasteiger partial charge in [0.05, 0.1) is 5.41 Å². The number of hydrogen-bond donors (Lipinski definition) is 1. The minimum atomic E-state index is -0.596. The van der Waals surface area contributed by atoms with Gasteiger partial charge in [-0.1, -0.05) is 146 Å². The molecule has 0 amide bonds. The van der Waals surface area contributed by atoms with Crippen LogP contribution in [-0.2, 0) is 5.41 Å². The SMILES string of the molecule is c1ccc2c(c1)NC(c1cccc3c1C1(c4ccccc4Oc4ccccc41)c1ccccc1-3)=NC2c1ccc(-c2ccc3sc4ccccc4c3c2)cc1. The predicted molar refractivity (Wildman–Crippen MR) is 227 cm³/mol. The minimum absolute atomic E-state index is 0.186. The van der Waals surface area contributed by atoms with E-state index in [0.29, 0.717) is 0 Å². The van der Waals surface area contributed by atoms with Gasteiger partial charge in [0, 0.05) is 48.1 Å². The van der Waals surface area contributed by atoms with Crippen LogP contribution >= 0.6 is 11.3 Å². The second-order valence-corrected chi connectivity index (χ2v) is 15.7. The first-order chi connectivity index (χ1) is 27.3. The van der Waals surface area contributed by atoms with Crippen LogP contribution in [0.5, 0.6) is 11.5 Å². The van der Waals surface area contributed by atoms with Gasteiger partial charge in [0.2, 0.25) is 0 Å². The third-order valence-corrected chi connectivity index (χ3v) is 13.0. The van der Waals surface area contributed by atoms with Crippen LogP contribution in [0.3, 0.4) is 0 Å². The van der Waals surface area contributed by atoms with Crippen molar-refractivity contribution >= 4 is 43.0 Å². The van der Waals surface area contributed by atoms with Crippen molar-refractivity contribution in [2.45, 2.75) is 11.5 Å². The van der Waals surface area contributed by atoms with Gasteiger partial charge in [-0.05, 0) is 75.3 Å². The van der Waals surface area contributed by atoms with Gasteiger partial charge in [-0.3, -0.25) is 4.99 Å². The maximum atomic E-state index is 6.63. The Morgan fingerprint density at radius 2 is 1.15 bits per heavy atom. The number of hydrogen-bond acceptors (Lipinski definition) is 4. The number of anilines is 1. The lowest BCUT2D eigenvalue weighted by Crippen LogP contribution is -2.35. The summed E-state index contributed by atoms with van der Waals surface area (Å²) in [6.07, 6.45) is 0. The minimum Gasteiger partial charge on any atom is -0.457 e. The van der Waals surface area contributed by atoms with E-state index >= 15 is 0 Å². The fourth-order valence-corrected chi connectivity index (χ4v) is 10.6. The molecular formula is C51H32N2OS. The Labute approximate surface area is 322 Å². The van der Waals surface area contributed by atoms with E-state index in [9.17, 15) is 0 Å². The molecule has 0 saturated heterocycles. The maximum absolute atomic E-state index is 6.63. The summed E-state index contributed by atoms with van der Waals surface area (Å²) >= 11 is 1.86. The van der Waals surface area contributed by atoms with Crippen molar-refractivity contribution in [3.05, 3.63) is 221 Å². The first-order valence-electron chi connectivity index (χ1n) is 18.8. The number of fused-ring (bicyclic) bond motifs is 13. The number of nitrogens with zero attached hydrogens (tertiary/aromatic N) is 1. The number of amidine groups is 1. The molecule has 1 aliphatic carbocycles. The molecule has 258 valence electrons. The fourth-order valence-electron chi connectivity index (χ4n) is 9.47. The highest BCUT2D eigenvalue weighted by atomic mass is 32.1. The van der Waals surface area contributed by atoms with Crippen molar-refractivity contribution in [3.63, 3.8) is 0 Å². The largest absolute Gasteiger partial charge is 0.457 e. The van der Waals surface area contributed by atoms with Crippen molar-refractivity contribution in [2.24, 2.45) is 4.99 Å². The highest BCUT2D eigenvalue weighted by Gasteiger charge is 2.52. The summed E-state index contributed by atoms with van der Waals surface area (Å²) in [5, 5.41) is 6.46. The van der Waals surface area contributed by atoms with Gasteiger partial charge in [0.15, 0.2) is 0 Å². The molecule has 1 atom stereocenters. The molecule has 8 aromatic carbocycles. The van der Waals surface area contributed by atoms with Crippen LogP contribution < -0.4 is 10.1 Å². The number of aliphatic imine (C=N–C) groups is 1. The van der Waals surface area contributed by atoms with Gasteiger partial charge in [0.1, 0.15) is 23.4 Å². The molecule has 4 heteroatoms. The average Bonchev–Trinajstić information content (AvgIpc) is 3.77. The molecule has 1 N–H and O–H groups in total. The first kappa shape index (κ1) is 30.7. The van der Waals surface area contributed by atoms with Crippen LogP contribution in [0, 0.1) is 0 Å².